The molecule has 0 amide bonds. The molecule has 0 aliphatic rings. The lowest BCUT2D eigenvalue weighted by molar-refractivity contribution is 0.734. The number of halogens is 1. The van der Waals surface area contributed by atoms with Crippen molar-refractivity contribution in [2.75, 3.05) is 50.6 Å². The quantitative estimate of drug-likeness (QED) is 0.293. The first-order valence-corrected chi connectivity index (χ1v) is 8.37. The highest BCUT2D eigenvalue weighted by atomic mass is 127. The standard InChI is InChI=1S/C15H26N4S.HI/c1-16-15(18-11-13-20-3)17-10-7-12-19(2)14-8-5-4-6-9-14;/h4-6,8-9H,7,10-13H2,1-3H3,(H2,16,17,18);1H. The maximum Gasteiger partial charge on any atom is 0.191 e. The van der Waals surface area contributed by atoms with E-state index in [4.69, 9.17) is 0 Å². The van der Waals surface area contributed by atoms with E-state index < -0.39 is 0 Å². The zero-order chi connectivity index (χ0) is 14.6. The second kappa shape index (κ2) is 13.1. The summed E-state index contributed by atoms with van der Waals surface area (Å²) in [7, 11) is 3.94. The Hall–Kier alpha value is -0.630. The smallest absolute Gasteiger partial charge is 0.191 e. The van der Waals surface area contributed by atoms with Crippen LogP contribution in [0.4, 0.5) is 5.69 Å². The van der Waals surface area contributed by atoms with E-state index in [1.807, 2.05) is 24.9 Å². The Morgan fingerprint density at radius 3 is 2.48 bits per heavy atom. The Kier molecular flexibility index (Phi) is 12.7. The molecule has 0 aliphatic heterocycles. The van der Waals surface area contributed by atoms with E-state index in [1.165, 1.54) is 5.69 Å². The summed E-state index contributed by atoms with van der Waals surface area (Å²) >= 11 is 1.83. The minimum atomic E-state index is 0. The van der Waals surface area contributed by atoms with Crippen LogP contribution in [-0.2, 0) is 0 Å². The number of guanidine groups is 1. The summed E-state index contributed by atoms with van der Waals surface area (Å²) in [5.41, 5.74) is 1.26. The average Bonchev–Trinajstić information content (AvgIpc) is 2.50. The third kappa shape index (κ3) is 9.08. The van der Waals surface area contributed by atoms with E-state index in [0.717, 1.165) is 37.8 Å². The third-order valence-corrected chi connectivity index (χ3v) is 3.59. The molecule has 0 radical (unpaired) electrons. The maximum absolute atomic E-state index is 4.21. The molecule has 0 aromatic heterocycles. The van der Waals surface area contributed by atoms with Gasteiger partial charge in [-0.1, -0.05) is 18.2 Å². The molecule has 0 fully saturated rings. The Labute approximate surface area is 150 Å². The second-order valence-corrected chi connectivity index (χ2v) is 5.51. The molecule has 4 nitrogen and oxygen atoms in total. The molecule has 0 saturated carbocycles. The summed E-state index contributed by atoms with van der Waals surface area (Å²) in [4.78, 5) is 6.48. The van der Waals surface area contributed by atoms with Gasteiger partial charge in [-0.2, -0.15) is 11.8 Å². The lowest BCUT2D eigenvalue weighted by atomic mass is 10.3. The molecule has 0 heterocycles. The highest BCUT2D eigenvalue weighted by Gasteiger charge is 2.00. The minimum absolute atomic E-state index is 0. The van der Waals surface area contributed by atoms with Crippen molar-refractivity contribution >= 4 is 47.4 Å². The van der Waals surface area contributed by atoms with E-state index >= 15 is 0 Å². The Balaban J connectivity index is 0.00000400. The Bertz CT molecular complexity index is 387. The summed E-state index contributed by atoms with van der Waals surface area (Å²) < 4.78 is 0. The van der Waals surface area contributed by atoms with Crippen molar-refractivity contribution in [1.29, 1.82) is 0 Å². The molecule has 0 saturated heterocycles. The number of benzene rings is 1. The van der Waals surface area contributed by atoms with Crippen LogP contribution in [-0.4, -0.2) is 51.7 Å². The van der Waals surface area contributed by atoms with Gasteiger partial charge >= 0.3 is 0 Å². The lowest BCUT2D eigenvalue weighted by Crippen LogP contribution is -2.39. The molecule has 21 heavy (non-hydrogen) atoms. The van der Waals surface area contributed by atoms with Crippen molar-refractivity contribution in [3.05, 3.63) is 30.3 Å². The average molecular weight is 422 g/mol. The van der Waals surface area contributed by atoms with Crippen molar-refractivity contribution in [2.24, 2.45) is 4.99 Å². The zero-order valence-electron chi connectivity index (χ0n) is 13.1. The van der Waals surface area contributed by atoms with E-state index in [-0.39, 0.29) is 24.0 Å². The fourth-order valence-corrected chi connectivity index (χ4v) is 2.13. The largest absolute Gasteiger partial charge is 0.375 e. The number of thioether (sulfide) groups is 1. The number of para-hydroxylation sites is 1. The van der Waals surface area contributed by atoms with Gasteiger partial charge in [0.05, 0.1) is 0 Å². The van der Waals surface area contributed by atoms with Crippen LogP contribution in [0.25, 0.3) is 0 Å². The van der Waals surface area contributed by atoms with Crippen molar-refractivity contribution < 1.29 is 0 Å². The van der Waals surface area contributed by atoms with E-state index in [9.17, 15) is 0 Å². The van der Waals surface area contributed by atoms with Gasteiger partial charge in [0, 0.05) is 45.2 Å². The number of aliphatic imine (C=N–C) groups is 1. The zero-order valence-corrected chi connectivity index (χ0v) is 16.3. The predicted molar refractivity (Wildman–Crippen MR) is 107 cm³/mol. The summed E-state index contributed by atoms with van der Waals surface area (Å²) in [6.45, 7) is 2.90. The maximum atomic E-state index is 4.21. The fourth-order valence-electron chi connectivity index (χ4n) is 1.83. The monoisotopic (exact) mass is 422 g/mol. The molecule has 0 spiro atoms. The van der Waals surface area contributed by atoms with E-state index in [2.05, 4.69) is 58.1 Å². The topological polar surface area (TPSA) is 39.7 Å². The summed E-state index contributed by atoms with van der Waals surface area (Å²) in [6, 6.07) is 10.5. The molecule has 120 valence electrons. The van der Waals surface area contributed by atoms with Crippen LogP contribution in [0.3, 0.4) is 0 Å². The SMILES string of the molecule is CN=C(NCCCN(C)c1ccccc1)NCCSC.I. The van der Waals surface area contributed by atoms with Crippen molar-refractivity contribution in [3.63, 3.8) is 0 Å². The lowest BCUT2D eigenvalue weighted by Gasteiger charge is -2.19. The van der Waals surface area contributed by atoms with E-state index in [0.29, 0.717) is 0 Å². The van der Waals surface area contributed by atoms with Gasteiger partial charge in [-0.3, -0.25) is 4.99 Å². The molecule has 0 bridgehead atoms. The highest BCUT2D eigenvalue weighted by Crippen LogP contribution is 2.10. The van der Waals surface area contributed by atoms with Crippen LogP contribution in [0.2, 0.25) is 0 Å². The van der Waals surface area contributed by atoms with Gasteiger partial charge in [0.25, 0.3) is 0 Å². The number of anilines is 1. The molecule has 1 aromatic rings. The molecule has 0 atom stereocenters. The molecule has 2 N–H and O–H groups in total. The molecule has 1 rings (SSSR count). The highest BCUT2D eigenvalue weighted by molar-refractivity contribution is 14.0. The van der Waals surface area contributed by atoms with Crippen LogP contribution >= 0.6 is 35.7 Å². The Morgan fingerprint density at radius 2 is 1.86 bits per heavy atom. The summed E-state index contributed by atoms with van der Waals surface area (Å²) in [5.74, 6) is 1.98. The van der Waals surface area contributed by atoms with Crippen LogP contribution in [0.1, 0.15) is 6.42 Å². The minimum Gasteiger partial charge on any atom is -0.375 e. The van der Waals surface area contributed by atoms with Crippen molar-refractivity contribution in [3.8, 4) is 0 Å². The van der Waals surface area contributed by atoms with Crippen LogP contribution < -0.4 is 15.5 Å². The van der Waals surface area contributed by atoms with Crippen LogP contribution in [0.5, 0.6) is 0 Å². The fraction of sp³-hybridized carbons (Fsp3) is 0.533. The number of hydrogen-bond acceptors (Lipinski definition) is 3. The number of nitrogens with one attached hydrogen (secondary N) is 2. The third-order valence-electron chi connectivity index (χ3n) is 2.98. The first-order valence-electron chi connectivity index (χ1n) is 6.97. The van der Waals surface area contributed by atoms with Gasteiger partial charge in [-0.05, 0) is 24.8 Å². The van der Waals surface area contributed by atoms with Crippen molar-refractivity contribution in [2.45, 2.75) is 6.42 Å². The van der Waals surface area contributed by atoms with Crippen molar-refractivity contribution in [1.82, 2.24) is 10.6 Å². The van der Waals surface area contributed by atoms with E-state index in [1.54, 1.807) is 0 Å². The Morgan fingerprint density at radius 1 is 1.19 bits per heavy atom. The normalized spacial score (nSPS) is 10.7. The molecule has 6 heteroatoms. The molecule has 0 aliphatic carbocycles. The van der Waals surface area contributed by atoms with Gasteiger partial charge < -0.3 is 15.5 Å². The molecular weight excluding hydrogens is 395 g/mol. The van der Waals surface area contributed by atoms with Gasteiger partial charge in [0.2, 0.25) is 0 Å². The number of rotatable bonds is 8. The number of nitrogens with zero attached hydrogens (tertiary/aromatic N) is 2. The second-order valence-electron chi connectivity index (χ2n) is 4.53. The summed E-state index contributed by atoms with van der Waals surface area (Å²) in [6.07, 6.45) is 3.19. The van der Waals surface area contributed by atoms with Gasteiger partial charge in [-0.25, -0.2) is 0 Å². The molecular formula is C15H27IN4S. The van der Waals surface area contributed by atoms with Crippen LogP contribution in [0, 0.1) is 0 Å². The molecule has 1 aromatic carbocycles. The summed E-state index contributed by atoms with van der Waals surface area (Å²) in [5, 5.41) is 6.63. The van der Waals surface area contributed by atoms with Gasteiger partial charge in [0.15, 0.2) is 5.96 Å². The number of hydrogen-bond donors (Lipinski definition) is 2. The van der Waals surface area contributed by atoms with Gasteiger partial charge in [0.1, 0.15) is 0 Å². The van der Waals surface area contributed by atoms with Crippen LogP contribution in [0.15, 0.2) is 35.3 Å². The first-order chi connectivity index (χ1) is 9.77. The predicted octanol–water partition coefficient (Wildman–Crippen LogP) is 2.66. The van der Waals surface area contributed by atoms with Gasteiger partial charge in [-0.15, -0.1) is 24.0 Å². The first kappa shape index (κ1) is 20.4. The molecule has 0 unspecified atom stereocenters.